The SMILES string of the molecule is Cc1c(-c2ccc3c(c2)CC(=O)N3)c(OCCCN(C)C(=O)OC(C)(C)C)nn1C. The molecule has 0 radical (unpaired) electrons. The number of amides is 2. The Hall–Kier alpha value is -3.03. The molecule has 2 aromatic rings. The summed E-state index contributed by atoms with van der Waals surface area (Å²) in [6.07, 6.45) is 0.682. The van der Waals surface area contributed by atoms with Crippen molar-refractivity contribution in [3.8, 4) is 17.0 Å². The molecule has 8 heteroatoms. The first kappa shape index (κ1) is 21.7. The smallest absolute Gasteiger partial charge is 0.410 e. The molecule has 1 N–H and O–H groups in total. The molecule has 30 heavy (non-hydrogen) atoms. The number of nitrogens with one attached hydrogen (secondary N) is 1. The quantitative estimate of drug-likeness (QED) is 0.731. The van der Waals surface area contributed by atoms with E-state index < -0.39 is 5.60 Å². The number of hydrogen-bond acceptors (Lipinski definition) is 5. The van der Waals surface area contributed by atoms with Gasteiger partial charge in [0, 0.05) is 32.0 Å². The van der Waals surface area contributed by atoms with Gasteiger partial charge in [-0.2, -0.15) is 0 Å². The molecule has 0 atom stereocenters. The predicted molar refractivity (Wildman–Crippen MR) is 115 cm³/mol. The maximum Gasteiger partial charge on any atom is 0.410 e. The van der Waals surface area contributed by atoms with E-state index in [1.54, 1.807) is 16.6 Å². The van der Waals surface area contributed by atoms with Gasteiger partial charge in [-0.15, -0.1) is 5.10 Å². The molecule has 0 unspecified atom stereocenters. The number of aromatic nitrogens is 2. The highest BCUT2D eigenvalue weighted by Crippen LogP contribution is 2.36. The number of carbonyl (C=O) groups excluding carboxylic acids is 2. The van der Waals surface area contributed by atoms with E-state index in [-0.39, 0.29) is 12.0 Å². The second kappa shape index (κ2) is 8.38. The number of hydrogen-bond donors (Lipinski definition) is 1. The van der Waals surface area contributed by atoms with Crippen LogP contribution in [0, 0.1) is 6.92 Å². The van der Waals surface area contributed by atoms with Crippen LogP contribution in [0.3, 0.4) is 0 Å². The Morgan fingerprint density at radius 1 is 1.33 bits per heavy atom. The lowest BCUT2D eigenvalue weighted by Crippen LogP contribution is -2.35. The molecular weight excluding hydrogens is 384 g/mol. The first-order valence-corrected chi connectivity index (χ1v) is 10.1. The standard InChI is InChI=1S/C22H30N4O4/c1-14-19(15-8-9-17-16(12-15)13-18(27)23-17)20(24-26(14)6)29-11-7-10-25(5)21(28)30-22(2,3)4/h8-9,12H,7,10-11,13H2,1-6H3,(H,23,27). The molecule has 0 spiro atoms. The van der Waals surface area contributed by atoms with Crippen molar-refractivity contribution in [3.63, 3.8) is 0 Å². The lowest BCUT2D eigenvalue weighted by Gasteiger charge is -2.24. The van der Waals surface area contributed by atoms with E-state index in [2.05, 4.69) is 10.4 Å². The molecule has 1 aliphatic rings. The third-order valence-corrected chi connectivity index (χ3v) is 4.90. The highest BCUT2D eigenvalue weighted by atomic mass is 16.6. The predicted octanol–water partition coefficient (Wildman–Crippen LogP) is 3.53. The maximum atomic E-state index is 12.0. The highest BCUT2D eigenvalue weighted by Gasteiger charge is 2.22. The fraction of sp³-hybridized carbons (Fsp3) is 0.500. The normalized spacial score (nSPS) is 13.1. The van der Waals surface area contributed by atoms with E-state index in [4.69, 9.17) is 9.47 Å². The highest BCUT2D eigenvalue weighted by molar-refractivity contribution is 5.99. The Kier molecular flexibility index (Phi) is 6.05. The van der Waals surface area contributed by atoms with Crippen LogP contribution in [0.2, 0.25) is 0 Å². The van der Waals surface area contributed by atoms with Crippen LogP contribution in [0.5, 0.6) is 5.88 Å². The Bertz CT molecular complexity index is 959. The van der Waals surface area contributed by atoms with Gasteiger partial charge < -0.3 is 19.7 Å². The molecule has 2 heterocycles. The van der Waals surface area contributed by atoms with E-state index in [1.165, 1.54) is 0 Å². The summed E-state index contributed by atoms with van der Waals surface area (Å²) in [4.78, 5) is 25.2. The molecule has 162 valence electrons. The summed E-state index contributed by atoms with van der Waals surface area (Å²) in [5, 5.41) is 7.35. The second-order valence-corrected chi connectivity index (χ2v) is 8.59. The average Bonchev–Trinajstić information content (AvgIpc) is 3.15. The number of nitrogens with zero attached hydrogens (tertiary/aromatic N) is 3. The maximum absolute atomic E-state index is 12.0. The third-order valence-electron chi connectivity index (χ3n) is 4.90. The summed E-state index contributed by atoms with van der Waals surface area (Å²) < 4.78 is 13.1. The first-order valence-electron chi connectivity index (χ1n) is 10.1. The van der Waals surface area contributed by atoms with Gasteiger partial charge in [0.05, 0.1) is 18.6 Å². The van der Waals surface area contributed by atoms with Gasteiger partial charge in [0.2, 0.25) is 11.8 Å². The number of anilines is 1. The summed E-state index contributed by atoms with van der Waals surface area (Å²) >= 11 is 0. The van der Waals surface area contributed by atoms with Crippen LogP contribution < -0.4 is 10.1 Å². The van der Waals surface area contributed by atoms with Gasteiger partial charge in [-0.25, -0.2) is 4.79 Å². The number of aryl methyl sites for hydroxylation is 1. The number of rotatable bonds is 6. The lowest BCUT2D eigenvalue weighted by atomic mass is 10.0. The van der Waals surface area contributed by atoms with Crippen molar-refractivity contribution in [1.82, 2.24) is 14.7 Å². The van der Waals surface area contributed by atoms with E-state index in [1.807, 2.05) is 52.9 Å². The van der Waals surface area contributed by atoms with E-state index in [0.29, 0.717) is 31.9 Å². The van der Waals surface area contributed by atoms with E-state index in [9.17, 15) is 9.59 Å². The van der Waals surface area contributed by atoms with Crippen LogP contribution in [0.1, 0.15) is 38.4 Å². The fourth-order valence-corrected chi connectivity index (χ4v) is 3.30. The Labute approximate surface area is 177 Å². The zero-order valence-corrected chi connectivity index (χ0v) is 18.5. The van der Waals surface area contributed by atoms with Crippen LogP contribution >= 0.6 is 0 Å². The van der Waals surface area contributed by atoms with Gasteiger partial charge in [-0.3, -0.25) is 9.48 Å². The molecule has 0 saturated heterocycles. The Balaban J connectivity index is 1.64. The largest absolute Gasteiger partial charge is 0.476 e. The summed E-state index contributed by atoms with van der Waals surface area (Å²) in [5.74, 6) is 0.558. The third kappa shape index (κ3) is 4.93. The summed E-state index contributed by atoms with van der Waals surface area (Å²) in [6.45, 7) is 8.46. The minimum Gasteiger partial charge on any atom is -0.476 e. The summed E-state index contributed by atoms with van der Waals surface area (Å²) in [6, 6.07) is 5.90. The molecule has 2 amide bonds. The summed E-state index contributed by atoms with van der Waals surface area (Å²) in [7, 11) is 3.59. The topological polar surface area (TPSA) is 85.7 Å². The van der Waals surface area contributed by atoms with Gasteiger partial charge in [-0.1, -0.05) is 6.07 Å². The zero-order chi connectivity index (χ0) is 22.1. The molecule has 0 fully saturated rings. The van der Waals surface area contributed by atoms with Crippen molar-refractivity contribution in [2.24, 2.45) is 7.05 Å². The van der Waals surface area contributed by atoms with Gasteiger partial charge >= 0.3 is 6.09 Å². The van der Waals surface area contributed by atoms with E-state index >= 15 is 0 Å². The van der Waals surface area contributed by atoms with Gasteiger partial charge in [0.15, 0.2) is 0 Å². The van der Waals surface area contributed by atoms with E-state index in [0.717, 1.165) is 28.1 Å². The minimum atomic E-state index is -0.516. The van der Waals surface area contributed by atoms with Gasteiger partial charge in [0.25, 0.3) is 0 Å². The lowest BCUT2D eigenvalue weighted by molar-refractivity contribution is -0.115. The van der Waals surface area contributed by atoms with Crippen LogP contribution in [-0.2, 0) is 23.0 Å². The van der Waals surface area contributed by atoms with Gasteiger partial charge in [0.1, 0.15) is 5.60 Å². The number of fused-ring (bicyclic) bond motifs is 1. The van der Waals surface area contributed by atoms with Crippen molar-refractivity contribution in [2.75, 3.05) is 25.5 Å². The number of ether oxygens (including phenoxy) is 2. The molecular formula is C22H30N4O4. The fourth-order valence-electron chi connectivity index (χ4n) is 3.30. The van der Waals surface area contributed by atoms with Crippen LogP contribution in [0.4, 0.5) is 10.5 Å². The first-order chi connectivity index (χ1) is 14.0. The molecule has 1 aliphatic heterocycles. The summed E-state index contributed by atoms with van der Waals surface area (Å²) in [5.41, 5.74) is 4.19. The average molecular weight is 415 g/mol. The van der Waals surface area contributed by atoms with Crippen molar-refractivity contribution in [2.45, 2.75) is 46.1 Å². The molecule has 8 nitrogen and oxygen atoms in total. The molecule has 0 bridgehead atoms. The minimum absolute atomic E-state index is 0.00985. The van der Waals surface area contributed by atoms with Crippen molar-refractivity contribution >= 4 is 17.7 Å². The van der Waals surface area contributed by atoms with Crippen molar-refractivity contribution < 1.29 is 19.1 Å². The van der Waals surface area contributed by atoms with Gasteiger partial charge in [-0.05, 0) is 57.4 Å². The van der Waals surface area contributed by atoms with Crippen LogP contribution in [0.25, 0.3) is 11.1 Å². The number of benzene rings is 1. The number of carbonyl (C=O) groups is 2. The Morgan fingerprint density at radius 2 is 2.07 bits per heavy atom. The molecule has 0 aliphatic carbocycles. The zero-order valence-electron chi connectivity index (χ0n) is 18.5. The monoisotopic (exact) mass is 414 g/mol. The molecule has 3 rings (SSSR count). The molecule has 1 aromatic carbocycles. The van der Waals surface area contributed by atoms with Crippen molar-refractivity contribution in [1.29, 1.82) is 0 Å². The van der Waals surface area contributed by atoms with Crippen LogP contribution in [-0.4, -0.2) is 52.5 Å². The molecule has 0 saturated carbocycles. The van der Waals surface area contributed by atoms with Crippen molar-refractivity contribution in [3.05, 3.63) is 29.5 Å². The second-order valence-electron chi connectivity index (χ2n) is 8.59. The Morgan fingerprint density at radius 3 is 2.77 bits per heavy atom. The molecule has 1 aromatic heterocycles. The van der Waals surface area contributed by atoms with Crippen LogP contribution in [0.15, 0.2) is 18.2 Å².